The third-order valence-corrected chi connectivity index (χ3v) is 7.61. The summed E-state index contributed by atoms with van der Waals surface area (Å²) in [6.07, 6.45) is -0.438. The Hall–Kier alpha value is -2.44. The zero-order valence-electron chi connectivity index (χ0n) is 19.5. The maximum Gasteiger partial charge on any atom is 0.416 e. The van der Waals surface area contributed by atoms with Crippen LogP contribution < -0.4 is 9.62 Å². The lowest BCUT2D eigenvalue weighted by atomic mass is 9.81. The minimum Gasteiger partial charge on any atom is -0.505 e. The van der Waals surface area contributed by atoms with Gasteiger partial charge in [-0.15, -0.1) is 0 Å². The van der Waals surface area contributed by atoms with Gasteiger partial charge in [0.2, 0.25) is 16.7 Å². The molecule has 4 rings (SSSR count). The molecule has 1 saturated heterocycles. The van der Waals surface area contributed by atoms with Crippen LogP contribution in [0.4, 0.5) is 23.4 Å². The van der Waals surface area contributed by atoms with E-state index in [0.29, 0.717) is 44.2 Å². The van der Waals surface area contributed by atoms with Gasteiger partial charge in [0.05, 0.1) is 24.3 Å². The molecule has 2 atom stereocenters. The van der Waals surface area contributed by atoms with E-state index in [9.17, 15) is 31.1 Å². The number of thiol groups is 1. The van der Waals surface area contributed by atoms with Gasteiger partial charge in [0, 0.05) is 25.4 Å². The molecule has 7 nitrogen and oxygen atoms in total. The van der Waals surface area contributed by atoms with Crippen LogP contribution in [0.2, 0.25) is 0 Å². The molecule has 0 bridgehead atoms. The molecule has 2 aromatic rings. The van der Waals surface area contributed by atoms with Gasteiger partial charge < -0.3 is 14.7 Å². The number of alkyl halides is 3. The number of rotatable bonds is 8. The largest absolute Gasteiger partial charge is 0.505 e. The second kappa shape index (κ2) is 11.3. The highest BCUT2D eigenvalue weighted by molar-refractivity contribution is 7.70. The minimum absolute atomic E-state index is 0.0231. The first-order chi connectivity index (χ1) is 17.1. The van der Waals surface area contributed by atoms with Crippen LogP contribution in [-0.2, 0) is 21.8 Å². The molecule has 1 aliphatic heterocycles. The fourth-order valence-electron chi connectivity index (χ4n) is 5.35. The van der Waals surface area contributed by atoms with Crippen LogP contribution in [0.15, 0.2) is 36.5 Å². The van der Waals surface area contributed by atoms with Crippen LogP contribution in [0.1, 0.15) is 49.1 Å². The Labute approximate surface area is 208 Å². The summed E-state index contributed by atoms with van der Waals surface area (Å²) in [6.45, 7) is 0.738. The average molecular weight is 532 g/mol. The summed E-state index contributed by atoms with van der Waals surface area (Å²) in [6, 6.07) is 6.44. The SMILES string of the molecule is O=[SH](=O)NC[C@@H]1CCN(c2nccc(O)c2F)[C@H]1COC1CCC(c2ccccc2C(F)(F)F)CC1. The molecular weight excluding hydrogens is 502 g/mol. The molecule has 1 saturated carbocycles. The summed E-state index contributed by atoms with van der Waals surface area (Å²) in [5.74, 6) is -1.78. The summed E-state index contributed by atoms with van der Waals surface area (Å²) >= 11 is 0. The van der Waals surface area contributed by atoms with E-state index in [1.165, 1.54) is 12.3 Å². The van der Waals surface area contributed by atoms with Gasteiger partial charge in [-0.1, -0.05) is 18.2 Å². The van der Waals surface area contributed by atoms with Crippen molar-refractivity contribution in [3.8, 4) is 5.75 Å². The molecule has 198 valence electrons. The fourth-order valence-corrected chi connectivity index (χ4v) is 5.73. The Morgan fingerprint density at radius 1 is 1.11 bits per heavy atom. The van der Waals surface area contributed by atoms with Crippen LogP contribution in [0, 0.1) is 11.7 Å². The molecule has 1 aromatic heterocycles. The summed E-state index contributed by atoms with van der Waals surface area (Å²) in [4.78, 5) is 5.76. The van der Waals surface area contributed by atoms with Crippen molar-refractivity contribution in [2.45, 2.75) is 56.3 Å². The van der Waals surface area contributed by atoms with E-state index < -0.39 is 34.2 Å². The van der Waals surface area contributed by atoms with E-state index in [1.807, 2.05) is 0 Å². The lowest BCUT2D eigenvalue weighted by molar-refractivity contribution is -0.138. The molecule has 1 aliphatic carbocycles. The summed E-state index contributed by atoms with van der Waals surface area (Å²) < 4.78 is 85.6. The maximum atomic E-state index is 14.6. The summed E-state index contributed by atoms with van der Waals surface area (Å²) in [5, 5.41) is 9.78. The Balaban J connectivity index is 1.41. The average Bonchev–Trinajstić information content (AvgIpc) is 3.25. The highest BCUT2D eigenvalue weighted by Gasteiger charge is 2.39. The minimum atomic E-state index is -4.40. The first-order valence-corrected chi connectivity index (χ1v) is 13.1. The van der Waals surface area contributed by atoms with Gasteiger partial charge in [0.1, 0.15) is 0 Å². The van der Waals surface area contributed by atoms with Crippen molar-refractivity contribution in [3.05, 3.63) is 53.5 Å². The first kappa shape index (κ1) is 26.6. The van der Waals surface area contributed by atoms with E-state index in [-0.39, 0.29) is 43.0 Å². The van der Waals surface area contributed by atoms with Crippen LogP contribution in [0.3, 0.4) is 0 Å². The molecule has 0 amide bonds. The van der Waals surface area contributed by atoms with Gasteiger partial charge in [0.15, 0.2) is 11.6 Å². The van der Waals surface area contributed by atoms with Gasteiger partial charge in [-0.2, -0.15) is 17.6 Å². The Bertz CT molecular complexity index is 1110. The molecule has 0 unspecified atom stereocenters. The lowest BCUT2D eigenvalue weighted by Crippen LogP contribution is -2.42. The molecule has 2 heterocycles. The van der Waals surface area contributed by atoms with Crippen LogP contribution in [0.5, 0.6) is 5.75 Å². The molecule has 2 aliphatic rings. The standard InChI is InChI=1S/C24H29F4N3O4S/c25-22-21(32)9-11-29-23(22)31-12-10-16(13-30-36(33)34)20(31)14-35-17-7-5-15(6-8-17)18-3-1-2-4-19(18)24(26,27)28/h1-4,9,11,15-17,20,36H,5-8,10,12-14H2,(H,29,32)(H,30,33,34)/t15?,16-,17?,20-/m0/s1. The van der Waals surface area contributed by atoms with Crippen molar-refractivity contribution in [1.29, 1.82) is 0 Å². The zero-order valence-corrected chi connectivity index (χ0v) is 20.4. The quantitative estimate of drug-likeness (QED) is 0.353. The molecule has 1 aromatic carbocycles. The third-order valence-electron chi connectivity index (χ3n) is 7.17. The number of benzene rings is 1. The number of hydrogen-bond acceptors (Lipinski definition) is 6. The van der Waals surface area contributed by atoms with Crippen LogP contribution >= 0.6 is 0 Å². The van der Waals surface area contributed by atoms with Crippen LogP contribution in [-0.4, -0.2) is 50.4 Å². The van der Waals surface area contributed by atoms with Crippen molar-refractivity contribution in [1.82, 2.24) is 9.71 Å². The number of halogens is 4. The molecule has 2 N–H and O–H groups in total. The van der Waals surface area contributed by atoms with Gasteiger partial charge in [-0.05, 0) is 55.6 Å². The van der Waals surface area contributed by atoms with E-state index in [4.69, 9.17) is 4.74 Å². The maximum absolute atomic E-state index is 14.6. The van der Waals surface area contributed by atoms with Crippen molar-refractivity contribution in [2.24, 2.45) is 5.92 Å². The molecule has 0 spiro atoms. The lowest BCUT2D eigenvalue weighted by Gasteiger charge is -2.34. The normalized spacial score (nSPS) is 25.0. The Morgan fingerprint density at radius 2 is 1.83 bits per heavy atom. The highest BCUT2D eigenvalue weighted by atomic mass is 32.2. The molecule has 36 heavy (non-hydrogen) atoms. The van der Waals surface area contributed by atoms with Gasteiger partial charge >= 0.3 is 6.18 Å². The summed E-state index contributed by atoms with van der Waals surface area (Å²) in [7, 11) is -2.79. The van der Waals surface area contributed by atoms with Crippen molar-refractivity contribution in [2.75, 3.05) is 24.6 Å². The van der Waals surface area contributed by atoms with Crippen molar-refractivity contribution >= 4 is 16.7 Å². The second-order valence-corrected chi connectivity index (χ2v) is 10.1. The number of hydrogen-bond donors (Lipinski definition) is 3. The summed E-state index contributed by atoms with van der Waals surface area (Å²) in [5.41, 5.74) is -0.280. The van der Waals surface area contributed by atoms with Gasteiger partial charge in [-0.25, -0.2) is 18.1 Å². The Morgan fingerprint density at radius 3 is 2.53 bits per heavy atom. The Kier molecular flexibility index (Phi) is 8.36. The van der Waals surface area contributed by atoms with E-state index >= 15 is 0 Å². The number of nitrogens with one attached hydrogen (secondary N) is 1. The number of nitrogens with zero attached hydrogens (tertiary/aromatic N) is 2. The zero-order chi connectivity index (χ0) is 25.9. The van der Waals surface area contributed by atoms with Crippen LogP contribution in [0.25, 0.3) is 0 Å². The number of anilines is 1. The second-order valence-electron chi connectivity index (χ2n) is 9.29. The highest BCUT2D eigenvalue weighted by Crippen LogP contribution is 2.41. The molecule has 0 radical (unpaired) electrons. The molecule has 2 fully saturated rings. The number of ether oxygens (including phenoxy) is 1. The first-order valence-electron chi connectivity index (χ1n) is 11.9. The van der Waals surface area contributed by atoms with E-state index in [0.717, 1.165) is 12.1 Å². The number of pyridine rings is 1. The monoisotopic (exact) mass is 531 g/mol. The smallest absolute Gasteiger partial charge is 0.416 e. The fraction of sp³-hybridized carbons (Fsp3) is 0.542. The van der Waals surface area contributed by atoms with Crippen molar-refractivity contribution < 1.29 is 35.8 Å². The number of aromatic nitrogens is 1. The third kappa shape index (κ3) is 6.09. The van der Waals surface area contributed by atoms with E-state index in [2.05, 4.69) is 9.71 Å². The van der Waals surface area contributed by atoms with Gasteiger partial charge in [0.25, 0.3) is 0 Å². The predicted octanol–water partition coefficient (Wildman–Crippen LogP) is 4.00. The molecular formula is C24H29F4N3O4S. The topological polar surface area (TPSA) is 91.8 Å². The number of aromatic hydroxyl groups is 1. The van der Waals surface area contributed by atoms with Gasteiger partial charge in [-0.3, -0.25) is 0 Å². The predicted molar refractivity (Wildman–Crippen MR) is 126 cm³/mol. The van der Waals surface area contributed by atoms with E-state index in [1.54, 1.807) is 17.0 Å². The molecule has 12 heteroatoms. The van der Waals surface area contributed by atoms with Crippen molar-refractivity contribution in [3.63, 3.8) is 0 Å².